The SMILES string of the molecule is O=C(Cn1ncc2cc([N+](=O)[O-])ccc21)NNC(=S)Nc1ccccc1. The largest absolute Gasteiger partial charge is 0.331 e. The van der Waals surface area contributed by atoms with Crippen LogP contribution in [0.4, 0.5) is 11.4 Å². The van der Waals surface area contributed by atoms with Crippen molar-refractivity contribution in [2.75, 3.05) is 5.32 Å². The summed E-state index contributed by atoms with van der Waals surface area (Å²) in [4.78, 5) is 22.4. The topological polar surface area (TPSA) is 114 Å². The molecule has 0 aliphatic carbocycles. The second-order valence-corrected chi connectivity index (χ2v) is 5.70. The Hall–Kier alpha value is -3.53. The van der Waals surface area contributed by atoms with Crippen LogP contribution in [0, 0.1) is 10.1 Å². The van der Waals surface area contributed by atoms with Gasteiger partial charge in [-0.15, -0.1) is 0 Å². The number of fused-ring (bicyclic) bond motifs is 1. The van der Waals surface area contributed by atoms with Gasteiger partial charge in [0.2, 0.25) is 0 Å². The van der Waals surface area contributed by atoms with Gasteiger partial charge in [-0.1, -0.05) is 18.2 Å². The zero-order valence-corrected chi connectivity index (χ0v) is 14.2. The maximum atomic E-state index is 12.1. The van der Waals surface area contributed by atoms with E-state index in [1.807, 2.05) is 30.3 Å². The number of amides is 1. The summed E-state index contributed by atoms with van der Waals surface area (Å²) >= 11 is 5.09. The first-order chi connectivity index (χ1) is 12.5. The smallest absolute Gasteiger partial charge is 0.270 e. The highest BCUT2D eigenvalue weighted by molar-refractivity contribution is 7.80. The molecule has 0 saturated heterocycles. The molecule has 0 unspecified atom stereocenters. The van der Waals surface area contributed by atoms with E-state index in [2.05, 4.69) is 21.3 Å². The quantitative estimate of drug-likeness (QED) is 0.365. The average molecular weight is 370 g/mol. The number of carbonyl (C=O) groups excluding carboxylic acids is 1. The highest BCUT2D eigenvalue weighted by atomic mass is 32.1. The molecular weight excluding hydrogens is 356 g/mol. The van der Waals surface area contributed by atoms with Crippen molar-refractivity contribution >= 4 is 45.5 Å². The van der Waals surface area contributed by atoms with E-state index in [1.54, 1.807) is 6.07 Å². The van der Waals surface area contributed by atoms with Gasteiger partial charge < -0.3 is 5.32 Å². The number of hydrogen-bond donors (Lipinski definition) is 3. The number of hydrazine groups is 1. The van der Waals surface area contributed by atoms with Crippen LogP contribution in [-0.2, 0) is 11.3 Å². The van der Waals surface area contributed by atoms with Crippen molar-refractivity contribution in [1.29, 1.82) is 0 Å². The molecule has 3 rings (SSSR count). The van der Waals surface area contributed by atoms with Crippen molar-refractivity contribution in [3.8, 4) is 0 Å². The number of carbonyl (C=O) groups is 1. The van der Waals surface area contributed by atoms with Crippen molar-refractivity contribution in [3.05, 3.63) is 64.8 Å². The molecule has 26 heavy (non-hydrogen) atoms. The minimum Gasteiger partial charge on any atom is -0.331 e. The van der Waals surface area contributed by atoms with Gasteiger partial charge in [0, 0.05) is 23.2 Å². The molecule has 0 spiro atoms. The fraction of sp³-hybridized carbons (Fsp3) is 0.0625. The maximum Gasteiger partial charge on any atom is 0.270 e. The molecule has 0 radical (unpaired) electrons. The molecule has 0 bridgehead atoms. The van der Waals surface area contributed by atoms with E-state index in [0.717, 1.165) is 5.69 Å². The third-order valence-corrected chi connectivity index (χ3v) is 3.68. The number of hydrogen-bond acceptors (Lipinski definition) is 5. The summed E-state index contributed by atoms with van der Waals surface area (Å²) in [5.74, 6) is -0.370. The summed E-state index contributed by atoms with van der Waals surface area (Å²) in [5, 5.41) is 18.6. The number of nitrogens with zero attached hydrogens (tertiary/aromatic N) is 3. The zero-order valence-electron chi connectivity index (χ0n) is 13.4. The highest BCUT2D eigenvalue weighted by Crippen LogP contribution is 2.20. The van der Waals surface area contributed by atoms with Gasteiger partial charge in [0.15, 0.2) is 5.11 Å². The van der Waals surface area contributed by atoms with Gasteiger partial charge in [-0.2, -0.15) is 5.10 Å². The van der Waals surface area contributed by atoms with Gasteiger partial charge in [-0.25, -0.2) is 0 Å². The summed E-state index contributed by atoms with van der Waals surface area (Å²) in [6.45, 7) is -0.0672. The minimum absolute atomic E-state index is 0.0273. The fourth-order valence-electron chi connectivity index (χ4n) is 2.30. The van der Waals surface area contributed by atoms with E-state index in [0.29, 0.717) is 10.9 Å². The number of para-hydroxylation sites is 1. The van der Waals surface area contributed by atoms with Crippen LogP contribution in [0.15, 0.2) is 54.7 Å². The predicted octanol–water partition coefficient (Wildman–Crippen LogP) is 1.96. The van der Waals surface area contributed by atoms with E-state index < -0.39 is 4.92 Å². The second-order valence-electron chi connectivity index (χ2n) is 5.30. The van der Waals surface area contributed by atoms with Crippen molar-refractivity contribution in [2.24, 2.45) is 0 Å². The van der Waals surface area contributed by atoms with Crippen molar-refractivity contribution in [3.63, 3.8) is 0 Å². The molecule has 0 fully saturated rings. The lowest BCUT2D eigenvalue weighted by Gasteiger charge is -2.11. The molecule has 3 N–H and O–H groups in total. The first-order valence-corrected chi connectivity index (χ1v) is 7.94. The molecule has 2 aromatic carbocycles. The first kappa shape index (κ1) is 17.3. The molecule has 10 heteroatoms. The van der Waals surface area contributed by atoms with Gasteiger partial charge in [0.05, 0.1) is 16.6 Å². The normalized spacial score (nSPS) is 10.3. The second kappa shape index (κ2) is 7.57. The van der Waals surface area contributed by atoms with Gasteiger partial charge in [0.1, 0.15) is 6.54 Å². The van der Waals surface area contributed by atoms with Crippen LogP contribution in [-0.4, -0.2) is 25.7 Å². The summed E-state index contributed by atoms with van der Waals surface area (Å²) in [5.41, 5.74) is 6.46. The lowest BCUT2D eigenvalue weighted by atomic mass is 10.2. The van der Waals surface area contributed by atoms with Crippen LogP contribution in [0.3, 0.4) is 0 Å². The minimum atomic E-state index is -0.478. The number of benzene rings is 2. The first-order valence-electron chi connectivity index (χ1n) is 7.54. The Morgan fingerprint density at radius 1 is 1.19 bits per heavy atom. The Bertz CT molecular complexity index is 973. The van der Waals surface area contributed by atoms with Crippen molar-refractivity contribution in [1.82, 2.24) is 20.6 Å². The van der Waals surface area contributed by atoms with Crippen LogP contribution in [0.5, 0.6) is 0 Å². The Morgan fingerprint density at radius 2 is 1.96 bits per heavy atom. The molecule has 1 heterocycles. The summed E-state index contributed by atoms with van der Waals surface area (Å²) in [6, 6.07) is 13.6. The van der Waals surface area contributed by atoms with Gasteiger partial charge >= 0.3 is 0 Å². The molecule has 132 valence electrons. The van der Waals surface area contributed by atoms with Crippen molar-refractivity contribution < 1.29 is 9.72 Å². The summed E-state index contributed by atoms with van der Waals surface area (Å²) in [6.07, 6.45) is 1.48. The zero-order chi connectivity index (χ0) is 18.5. The van der Waals surface area contributed by atoms with Gasteiger partial charge in [-0.3, -0.25) is 30.4 Å². The standard InChI is InChI=1S/C16H14N6O3S/c23-15(19-20-16(26)18-12-4-2-1-3-5-12)10-21-14-7-6-13(22(24)25)8-11(14)9-17-21/h1-9H,10H2,(H,19,23)(H2,18,20,26). The number of nitrogens with one attached hydrogen (secondary N) is 3. The summed E-state index contributed by atoms with van der Waals surface area (Å²) < 4.78 is 1.45. The number of non-ortho nitro benzene ring substituents is 1. The Balaban J connectivity index is 1.57. The molecule has 1 aromatic heterocycles. The van der Waals surface area contributed by atoms with Crippen LogP contribution in [0.25, 0.3) is 10.9 Å². The molecule has 3 aromatic rings. The summed E-state index contributed by atoms with van der Waals surface area (Å²) in [7, 11) is 0. The number of anilines is 1. The van der Waals surface area contributed by atoms with E-state index in [9.17, 15) is 14.9 Å². The number of aromatic nitrogens is 2. The highest BCUT2D eigenvalue weighted by Gasteiger charge is 2.12. The molecule has 1 amide bonds. The molecular formula is C16H14N6O3S. The predicted molar refractivity (Wildman–Crippen MR) is 100 cm³/mol. The van der Waals surface area contributed by atoms with Crippen molar-refractivity contribution in [2.45, 2.75) is 6.54 Å². The number of nitro benzene ring substituents is 1. The number of rotatable bonds is 4. The Morgan fingerprint density at radius 3 is 2.69 bits per heavy atom. The Labute approximate surface area is 153 Å². The van der Waals surface area contributed by atoms with Crippen LogP contribution in [0.2, 0.25) is 0 Å². The molecule has 0 aliphatic heterocycles. The molecule has 0 atom stereocenters. The van der Waals surface area contributed by atoms with Crippen LogP contribution < -0.4 is 16.2 Å². The van der Waals surface area contributed by atoms with Crippen LogP contribution in [0.1, 0.15) is 0 Å². The Kier molecular flexibility index (Phi) is 5.04. The monoisotopic (exact) mass is 370 g/mol. The lowest BCUT2D eigenvalue weighted by Crippen LogP contribution is -2.45. The van der Waals surface area contributed by atoms with Gasteiger partial charge in [-0.05, 0) is 30.4 Å². The third-order valence-electron chi connectivity index (χ3n) is 3.48. The van der Waals surface area contributed by atoms with Crippen LogP contribution >= 0.6 is 12.2 Å². The van der Waals surface area contributed by atoms with E-state index in [4.69, 9.17) is 12.2 Å². The molecule has 0 aliphatic rings. The van der Waals surface area contributed by atoms with Gasteiger partial charge in [0.25, 0.3) is 11.6 Å². The average Bonchev–Trinajstić information content (AvgIpc) is 3.03. The third kappa shape index (κ3) is 4.11. The maximum absolute atomic E-state index is 12.1. The van der Waals surface area contributed by atoms with E-state index in [-0.39, 0.29) is 23.3 Å². The number of thiocarbonyl (C=S) groups is 1. The molecule has 0 saturated carbocycles. The van der Waals surface area contributed by atoms with E-state index >= 15 is 0 Å². The molecule has 9 nitrogen and oxygen atoms in total. The van der Waals surface area contributed by atoms with E-state index in [1.165, 1.54) is 23.0 Å². The number of nitro groups is 1. The fourth-order valence-corrected chi connectivity index (χ4v) is 2.47. The lowest BCUT2D eigenvalue weighted by molar-refractivity contribution is -0.384.